The van der Waals surface area contributed by atoms with Gasteiger partial charge in [-0.2, -0.15) is 0 Å². The second kappa shape index (κ2) is 6.32. The fourth-order valence-corrected chi connectivity index (χ4v) is 2.33. The summed E-state index contributed by atoms with van der Waals surface area (Å²) >= 11 is 5.64. The molecule has 1 atom stereocenters. The van der Waals surface area contributed by atoms with Crippen molar-refractivity contribution >= 4 is 23.2 Å². The Hall–Kier alpha value is -1.17. The molecule has 6 heteroatoms. The number of aliphatic hydroxyl groups is 1. The van der Waals surface area contributed by atoms with Gasteiger partial charge in [-0.05, 0) is 37.6 Å². The van der Waals surface area contributed by atoms with Crippen LogP contribution < -0.4 is 5.32 Å². The normalized spacial score (nSPS) is 20.3. The van der Waals surface area contributed by atoms with E-state index in [2.05, 4.69) is 5.32 Å². The number of anilines is 1. The molecule has 1 amide bonds. The number of halogens is 2. The highest BCUT2D eigenvalue weighted by atomic mass is 35.5. The molecule has 0 aliphatic carbocycles. The Balaban J connectivity index is 1.88. The maximum atomic E-state index is 13.0. The van der Waals surface area contributed by atoms with E-state index in [1.807, 2.05) is 4.90 Å². The molecule has 1 saturated heterocycles. The summed E-state index contributed by atoms with van der Waals surface area (Å²) in [5, 5.41) is 12.2. The van der Waals surface area contributed by atoms with Gasteiger partial charge in [0.1, 0.15) is 5.82 Å². The minimum absolute atomic E-state index is 0.0220. The molecular weight excluding hydrogens is 271 g/mol. The van der Waals surface area contributed by atoms with Gasteiger partial charge in [-0.3, -0.25) is 9.69 Å². The van der Waals surface area contributed by atoms with Crippen LogP contribution in [0.2, 0.25) is 5.02 Å². The topological polar surface area (TPSA) is 52.6 Å². The van der Waals surface area contributed by atoms with Crippen LogP contribution in [0.5, 0.6) is 0 Å². The molecule has 0 saturated carbocycles. The summed E-state index contributed by atoms with van der Waals surface area (Å²) in [6.45, 7) is 1.53. The van der Waals surface area contributed by atoms with E-state index in [1.165, 1.54) is 18.2 Å². The van der Waals surface area contributed by atoms with E-state index in [4.69, 9.17) is 11.6 Å². The number of carbonyl (C=O) groups excluding carboxylic acids is 1. The van der Waals surface area contributed by atoms with Gasteiger partial charge in [0.25, 0.3) is 0 Å². The fraction of sp³-hybridized carbons (Fsp3) is 0.462. The van der Waals surface area contributed by atoms with E-state index in [9.17, 15) is 14.3 Å². The number of likely N-dealkylation sites (tertiary alicyclic amines) is 1. The molecule has 2 N–H and O–H groups in total. The monoisotopic (exact) mass is 286 g/mol. The zero-order valence-corrected chi connectivity index (χ0v) is 11.2. The number of nitrogens with zero attached hydrogens (tertiary/aromatic N) is 1. The molecule has 4 nitrogen and oxygen atoms in total. The average molecular weight is 287 g/mol. The molecular formula is C13H16ClFN2O2. The van der Waals surface area contributed by atoms with E-state index >= 15 is 0 Å². The molecule has 1 aliphatic rings. The van der Waals surface area contributed by atoms with Crippen LogP contribution in [0.15, 0.2) is 18.2 Å². The van der Waals surface area contributed by atoms with Gasteiger partial charge in [0.2, 0.25) is 5.91 Å². The van der Waals surface area contributed by atoms with Gasteiger partial charge in [0, 0.05) is 12.2 Å². The van der Waals surface area contributed by atoms with Crippen LogP contribution in [0.3, 0.4) is 0 Å². The Labute approximate surface area is 116 Å². The molecule has 2 rings (SSSR count). The largest absolute Gasteiger partial charge is 0.392 e. The van der Waals surface area contributed by atoms with Crippen LogP contribution >= 0.6 is 11.6 Å². The lowest BCUT2D eigenvalue weighted by molar-refractivity contribution is -0.118. The molecule has 19 heavy (non-hydrogen) atoms. The first-order valence-corrected chi connectivity index (χ1v) is 6.58. The number of carbonyl (C=O) groups is 1. The Kier molecular flexibility index (Phi) is 4.74. The van der Waals surface area contributed by atoms with Crippen molar-refractivity contribution in [1.29, 1.82) is 0 Å². The highest BCUT2D eigenvalue weighted by Gasteiger charge is 2.19. The number of amides is 1. The molecule has 1 aromatic rings. The Morgan fingerprint density at radius 1 is 1.58 bits per heavy atom. The summed E-state index contributed by atoms with van der Waals surface area (Å²) in [6, 6.07) is 4.05. The van der Waals surface area contributed by atoms with Crippen LogP contribution in [-0.4, -0.2) is 41.7 Å². The summed E-state index contributed by atoms with van der Waals surface area (Å²) in [7, 11) is 0. The first-order chi connectivity index (χ1) is 9.04. The van der Waals surface area contributed by atoms with Crippen molar-refractivity contribution in [2.24, 2.45) is 0 Å². The lowest BCUT2D eigenvalue weighted by Gasteiger charge is -2.29. The van der Waals surface area contributed by atoms with Crippen molar-refractivity contribution in [3.8, 4) is 0 Å². The van der Waals surface area contributed by atoms with Crippen molar-refractivity contribution in [2.45, 2.75) is 18.9 Å². The average Bonchev–Trinajstić information content (AvgIpc) is 2.34. The van der Waals surface area contributed by atoms with Crippen molar-refractivity contribution in [2.75, 3.05) is 25.0 Å². The third kappa shape index (κ3) is 4.16. The number of aliphatic hydroxyl groups excluding tert-OH is 1. The molecule has 1 aliphatic heterocycles. The first-order valence-electron chi connectivity index (χ1n) is 6.20. The zero-order chi connectivity index (χ0) is 13.8. The van der Waals surface area contributed by atoms with E-state index in [-0.39, 0.29) is 23.6 Å². The lowest BCUT2D eigenvalue weighted by Crippen LogP contribution is -2.42. The molecule has 1 heterocycles. The summed E-state index contributed by atoms with van der Waals surface area (Å²) in [6.07, 6.45) is 1.31. The van der Waals surface area contributed by atoms with Crippen molar-refractivity contribution in [3.63, 3.8) is 0 Å². The second-order valence-electron chi connectivity index (χ2n) is 4.71. The van der Waals surface area contributed by atoms with Crippen LogP contribution in [0.4, 0.5) is 10.1 Å². The van der Waals surface area contributed by atoms with Gasteiger partial charge in [-0.15, -0.1) is 0 Å². The van der Waals surface area contributed by atoms with Gasteiger partial charge in [-0.25, -0.2) is 4.39 Å². The second-order valence-corrected chi connectivity index (χ2v) is 5.12. The third-order valence-electron chi connectivity index (χ3n) is 3.05. The molecule has 0 spiro atoms. The van der Waals surface area contributed by atoms with Crippen LogP contribution in [0.25, 0.3) is 0 Å². The summed E-state index contributed by atoms with van der Waals surface area (Å²) < 4.78 is 13.0. The van der Waals surface area contributed by atoms with Crippen LogP contribution in [0.1, 0.15) is 12.8 Å². The molecule has 1 aromatic carbocycles. The number of benzene rings is 1. The smallest absolute Gasteiger partial charge is 0.238 e. The van der Waals surface area contributed by atoms with Gasteiger partial charge in [0.15, 0.2) is 0 Å². The number of hydrogen-bond donors (Lipinski definition) is 2. The summed E-state index contributed by atoms with van der Waals surface area (Å²) in [5.74, 6) is -0.712. The molecule has 0 radical (unpaired) electrons. The van der Waals surface area contributed by atoms with E-state index < -0.39 is 5.82 Å². The van der Waals surface area contributed by atoms with Gasteiger partial charge in [0.05, 0.1) is 17.7 Å². The van der Waals surface area contributed by atoms with Crippen LogP contribution in [0, 0.1) is 5.82 Å². The van der Waals surface area contributed by atoms with Crippen molar-refractivity contribution < 1.29 is 14.3 Å². The standard InChI is InChI=1S/C13H16ClFN2O2/c14-11-6-9(3-4-12(11)15)16-13(19)8-17-5-1-2-10(18)7-17/h3-4,6,10,18H,1-2,5,7-8H2,(H,16,19)/t10-/m0/s1. The predicted molar refractivity (Wildman–Crippen MR) is 71.7 cm³/mol. The van der Waals surface area contributed by atoms with Gasteiger partial charge in [-0.1, -0.05) is 11.6 Å². The number of β-amino-alcohol motifs (C(OH)–C–C–N with tert-alkyl or cyclic N) is 1. The van der Waals surface area contributed by atoms with Crippen molar-refractivity contribution in [3.05, 3.63) is 29.0 Å². The maximum Gasteiger partial charge on any atom is 0.238 e. The van der Waals surface area contributed by atoms with Gasteiger partial charge >= 0.3 is 0 Å². The quantitative estimate of drug-likeness (QED) is 0.892. The molecule has 1 fully saturated rings. The number of piperidine rings is 1. The molecule has 0 aromatic heterocycles. The Morgan fingerprint density at radius 3 is 3.05 bits per heavy atom. The van der Waals surface area contributed by atoms with E-state index in [1.54, 1.807) is 0 Å². The summed E-state index contributed by atoms with van der Waals surface area (Å²) in [4.78, 5) is 13.7. The fourth-order valence-electron chi connectivity index (χ4n) is 2.15. The highest BCUT2D eigenvalue weighted by molar-refractivity contribution is 6.31. The summed E-state index contributed by atoms with van der Waals surface area (Å²) in [5.41, 5.74) is 0.467. The number of hydrogen-bond acceptors (Lipinski definition) is 3. The zero-order valence-electron chi connectivity index (χ0n) is 10.4. The predicted octanol–water partition coefficient (Wildman–Crippen LogP) is 1.87. The number of rotatable bonds is 3. The highest BCUT2D eigenvalue weighted by Crippen LogP contribution is 2.19. The minimum atomic E-state index is -0.515. The third-order valence-corrected chi connectivity index (χ3v) is 3.34. The SMILES string of the molecule is O=C(CN1CCC[C@H](O)C1)Nc1ccc(F)c(Cl)c1. The van der Waals surface area contributed by atoms with E-state index in [0.717, 1.165) is 19.4 Å². The minimum Gasteiger partial charge on any atom is -0.392 e. The Morgan fingerprint density at radius 2 is 2.37 bits per heavy atom. The van der Waals surface area contributed by atoms with Crippen LogP contribution in [-0.2, 0) is 4.79 Å². The lowest BCUT2D eigenvalue weighted by atomic mass is 10.1. The molecule has 0 bridgehead atoms. The van der Waals surface area contributed by atoms with E-state index in [0.29, 0.717) is 12.2 Å². The first kappa shape index (κ1) is 14.2. The maximum absolute atomic E-state index is 13.0. The molecule has 0 unspecified atom stereocenters. The molecule has 104 valence electrons. The Bertz CT molecular complexity index is 470. The van der Waals surface area contributed by atoms with Gasteiger partial charge < -0.3 is 10.4 Å². The number of nitrogens with one attached hydrogen (secondary N) is 1. The van der Waals surface area contributed by atoms with Crippen molar-refractivity contribution in [1.82, 2.24) is 4.90 Å².